The van der Waals surface area contributed by atoms with Gasteiger partial charge in [-0.2, -0.15) is 0 Å². The molecule has 6 nitrogen and oxygen atoms in total. The zero-order chi connectivity index (χ0) is 19.2. The Kier molecular flexibility index (Phi) is 5.88. The third kappa shape index (κ3) is 5.18. The van der Waals surface area contributed by atoms with Gasteiger partial charge in [-0.15, -0.1) is 10.2 Å². The second kappa shape index (κ2) is 8.51. The maximum atomic E-state index is 12.2. The van der Waals surface area contributed by atoms with Crippen molar-refractivity contribution in [3.63, 3.8) is 0 Å². The smallest absolute Gasteiger partial charge is 0.229 e. The fraction of sp³-hybridized carbons (Fsp3) is 0.150. The molecule has 0 unspecified atom stereocenters. The molecule has 0 aliphatic carbocycles. The molecule has 0 radical (unpaired) electrons. The second-order valence-electron chi connectivity index (χ2n) is 5.99. The van der Waals surface area contributed by atoms with Crippen molar-refractivity contribution in [2.75, 3.05) is 17.7 Å². The van der Waals surface area contributed by atoms with E-state index in [0.717, 1.165) is 11.1 Å². The van der Waals surface area contributed by atoms with Gasteiger partial charge in [-0.25, -0.2) is 0 Å². The Morgan fingerprint density at radius 2 is 1.85 bits per heavy atom. The van der Waals surface area contributed by atoms with E-state index in [0.29, 0.717) is 28.1 Å². The highest BCUT2D eigenvalue weighted by Crippen LogP contribution is 2.29. The predicted octanol–water partition coefficient (Wildman–Crippen LogP) is 4.37. The van der Waals surface area contributed by atoms with E-state index in [9.17, 15) is 4.79 Å². The number of benzene rings is 2. The standard InChI is InChI=1S/C20H19ClN4O2/c1-13-4-3-5-14(10-13)11-20(26)23-19-9-8-18(24-25-19)22-16-12-15(21)6-7-17(16)27-2/h3-10,12H,11H2,1-2H3,(H,22,24)(H,23,25,26). The van der Waals surface area contributed by atoms with Crippen LogP contribution >= 0.6 is 11.6 Å². The van der Waals surface area contributed by atoms with E-state index in [1.807, 2.05) is 31.2 Å². The summed E-state index contributed by atoms with van der Waals surface area (Å²) in [5.41, 5.74) is 2.74. The van der Waals surface area contributed by atoms with E-state index in [-0.39, 0.29) is 12.3 Å². The SMILES string of the molecule is COc1ccc(Cl)cc1Nc1ccc(NC(=O)Cc2cccc(C)c2)nn1. The Morgan fingerprint density at radius 1 is 1.07 bits per heavy atom. The average molecular weight is 383 g/mol. The number of amides is 1. The van der Waals surface area contributed by atoms with Gasteiger partial charge in [0, 0.05) is 5.02 Å². The van der Waals surface area contributed by atoms with E-state index in [2.05, 4.69) is 20.8 Å². The summed E-state index contributed by atoms with van der Waals surface area (Å²) >= 11 is 6.02. The van der Waals surface area contributed by atoms with Gasteiger partial charge < -0.3 is 15.4 Å². The van der Waals surface area contributed by atoms with Gasteiger partial charge in [0.2, 0.25) is 5.91 Å². The number of anilines is 3. The molecule has 3 rings (SSSR count). The number of aromatic nitrogens is 2. The van der Waals surface area contributed by atoms with Crippen LogP contribution in [0.5, 0.6) is 5.75 Å². The summed E-state index contributed by atoms with van der Waals surface area (Å²) in [6, 6.07) is 16.5. The molecule has 1 heterocycles. The summed E-state index contributed by atoms with van der Waals surface area (Å²) in [5.74, 6) is 1.38. The minimum Gasteiger partial charge on any atom is -0.495 e. The predicted molar refractivity (Wildman–Crippen MR) is 107 cm³/mol. The van der Waals surface area contributed by atoms with Gasteiger partial charge in [-0.3, -0.25) is 4.79 Å². The third-order valence-corrected chi connectivity index (χ3v) is 4.04. The molecule has 2 N–H and O–H groups in total. The molecule has 0 fully saturated rings. The number of halogens is 1. The highest BCUT2D eigenvalue weighted by atomic mass is 35.5. The van der Waals surface area contributed by atoms with Crippen LogP contribution < -0.4 is 15.4 Å². The first-order valence-corrected chi connectivity index (χ1v) is 8.71. The molecule has 0 spiro atoms. The molecule has 0 aliphatic heterocycles. The van der Waals surface area contributed by atoms with Crippen LogP contribution in [-0.4, -0.2) is 23.2 Å². The quantitative estimate of drug-likeness (QED) is 0.662. The van der Waals surface area contributed by atoms with Gasteiger partial charge >= 0.3 is 0 Å². The topological polar surface area (TPSA) is 76.1 Å². The molecule has 0 saturated carbocycles. The van der Waals surface area contributed by atoms with Crippen LogP contribution in [0.2, 0.25) is 5.02 Å². The van der Waals surface area contributed by atoms with Crippen molar-refractivity contribution in [1.29, 1.82) is 0 Å². The van der Waals surface area contributed by atoms with Crippen molar-refractivity contribution in [3.05, 3.63) is 70.7 Å². The summed E-state index contributed by atoms with van der Waals surface area (Å²) in [6.07, 6.45) is 0.281. The molecule has 1 amide bonds. The summed E-state index contributed by atoms with van der Waals surface area (Å²) in [5, 5.41) is 14.5. The Morgan fingerprint density at radius 3 is 2.56 bits per heavy atom. The van der Waals surface area contributed by atoms with Crippen LogP contribution in [0.15, 0.2) is 54.6 Å². The average Bonchev–Trinajstić information content (AvgIpc) is 2.63. The van der Waals surface area contributed by atoms with E-state index in [4.69, 9.17) is 16.3 Å². The van der Waals surface area contributed by atoms with Gasteiger partial charge in [0.15, 0.2) is 11.6 Å². The lowest BCUT2D eigenvalue weighted by Crippen LogP contribution is -2.15. The van der Waals surface area contributed by atoms with Crippen LogP contribution in [0.25, 0.3) is 0 Å². The fourth-order valence-electron chi connectivity index (χ4n) is 2.58. The third-order valence-electron chi connectivity index (χ3n) is 3.80. The van der Waals surface area contributed by atoms with Crippen molar-refractivity contribution >= 4 is 34.8 Å². The lowest BCUT2D eigenvalue weighted by molar-refractivity contribution is -0.115. The normalized spacial score (nSPS) is 10.3. The number of hydrogen-bond donors (Lipinski definition) is 2. The number of methoxy groups -OCH3 is 1. The molecule has 7 heteroatoms. The summed E-state index contributed by atoms with van der Waals surface area (Å²) in [6.45, 7) is 1.99. The molecule has 0 saturated heterocycles. The first kappa shape index (κ1) is 18.7. The Hall–Kier alpha value is -3.12. The molecule has 0 aliphatic rings. The zero-order valence-corrected chi connectivity index (χ0v) is 15.7. The molecule has 0 atom stereocenters. The van der Waals surface area contributed by atoms with Gasteiger partial charge in [-0.05, 0) is 42.8 Å². The maximum Gasteiger partial charge on any atom is 0.229 e. The maximum absolute atomic E-state index is 12.2. The van der Waals surface area contributed by atoms with Crippen LogP contribution in [0.4, 0.5) is 17.3 Å². The number of rotatable bonds is 6. The minimum atomic E-state index is -0.146. The fourth-order valence-corrected chi connectivity index (χ4v) is 2.75. The van der Waals surface area contributed by atoms with E-state index >= 15 is 0 Å². The Bertz CT molecular complexity index is 945. The number of nitrogens with one attached hydrogen (secondary N) is 2. The molecule has 0 bridgehead atoms. The highest BCUT2D eigenvalue weighted by molar-refractivity contribution is 6.31. The number of aryl methyl sites for hydroxylation is 1. The number of carbonyl (C=O) groups excluding carboxylic acids is 1. The second-order valence-corrected chi connectivity index (χ2v) is 6.42. The number of nitrogens with zero attached hydrogens (tertiary/aromatic N) is 2. The van der Waals surface area contributed by atoms with Crippen LogP contribution in [0.3, 0.4) is 0 Å². The van der Waals surface area contributed by atoms with Gasteiger partial charge in [-0.1, -0.05) is 41.4 Å². The first-order chi connectivity index (χ1) is 13.0. The molecule has 1 aromatic heterocycles. The molecule has 138 valence electrons. The van der Waals surface area contributed by atoms with Gasteiger partial charge in [0.05, 0.1) is 19.2 Å². The lowest BCUT2D eigenvalue weighted by atomic mass is 10.1. The van der Waals surface area contributed by atoms with E-state index < -0.39 is 0 Å². The number of hydrogen-bond acceptors (Lipinski definition) is 5. The first-order valence-electron chi connectivity index (χ1n) is 8.33. The zero-order valence-electron chi connectivity index (χ0n) is 15.0. The molecular weight excluding hydrogens is 364 g/mol. The summed E-state index contributed by atoms with van der Waals surface area (Å²) in [7, 11) is 1.58. The Labute approximate surface area is 162 Å². The van der Waals surface area contributed by atoms with Gasteiger partial charge in [0.25, 0.3) is 0 Å². The van der Waals surface area contributed by atoms with E-state index in [1.54, 1.807) is 37.4 Å². The summed E-state index contributed by atoms with van der Waals surface area (Å²) < 4.78 is 5.29. The van der Waals surface area contributed by atoms with Crippen molar-refractivity contribution < 1.29 is 9.53 Å². The van der Waals surface area contributed by atoms with Gasteiger partial charge in [0.1, 0.15) is 5.75 Å². The van der Waals surface area contributed by atoms with Crippen molar-refractivity contribution in [2.45, 2.75) is 13.3 Å². The highest BCUT2D eigenvalue weighted by Gasteiger charge is 2.08. The van der Waals surface area contributed by atoms with Crippen molar-refractivity contribution in [1.82, 2.24) is 10.2 Å². The molecule has 3 aromatic rings. The number of carbonyl (C=O) groups is 1. The van der Waals surface area contributed by atoms with E-state index in [1.165, 1.54) is 0 Å². The van der Waals surface area contributed by atoms with Crippen LogP contribution in [0, 0.1) is 6.92 Å². The molecular formula is C20H19ClN4O2. The largest absolute Gasteiger partial charge is 0.495 e. The summed E-state index contributed by atoms with van der Waals surface area (Å²) in [4.78, 5) is 12.2. The van der Waals surface area contributed by atoms with Crippen molar-refractivity contribution in [2.24, 2.45) is 0 Å². The Balaban J connectivity index is 1.63. The number of ether oxygens (including phenoxy) is 1. The lowest BCUT2D eigenvalue weighted by Gasteiger charge is -2.11. The van der Waals surface area contributed by atoms with Crippen LogP contribution in [-0.2, 0) is 11.2 Å². The monoisotopic (exact) mass is 382 g/mol. The molecule has 27 heavy (non-hydrogen) atoms. The van der Waals surface area contributed by atoms with Crippen LogP contribution in [0.1, 0.15) is 11.1 Å². The minimum absolute atomic E-state index is 0.146. The molecule has 2 aromatic carbocycles. The van der Waals surface area contributed by atoms with Crippen molar-refractivity contribution in [3.8, 4) is 5.75 Å².